The van der Waals surface area contributed by atoms with Gasteiger partial charge in [0.05, 0.1) is 5.70 Å². The van der Waals surface area contributed by atoms with Gasteiger partial charge in [-0.25, -0.2) is 0 Å². The highest BCUT2D eigenvalue weighted by atomic mass is 16.1. The summed E-state index contributed by atoms with van der Waals surface area (Å²) in [4.78, 5) is 10.4. The Morgan fingerprint density at radius 2 is 2.33 bits per heavy atom. The second kappa shape index (κ2) is 2.08. The first kappa shape index (κ1) is 6.12. The van der Waals surface area contributed by atoms with Crippen molar-refractivity contribution in [3.8, 4) is 0 Å². The van der Waals surface area contributed by atoms with E-state index in [-0.39, 0.29) is 5.91 Å². The molecule has 9 heavy (non-hydrogen) atoms. The summed E-state index contributed by atoms with van der Waals surface area (Å²) in [5.74, 6) is -0.00926. The van der Waals surface area contributed by atoms with Crippen LogP contribution in [0.2, 0.25) is 0 Å². The Morgan fingerprint density at radius 1 is 1.78 bits per heavy atom. The van der Waals surface area contributed by atoms with E-state index in [1.807, 2.05) is 6.92 Å². The maximum absolute atomic E-state index is 10.4. The molecule has 0 aromatic carbocycles. The molecular formula is C7H9NO. The highest BCUT2D eigenvalue weighted by Gasteiger charge is 2.06. The van der Waals surface area contributed by atoms with Gasteiger partial charge in [0.2, 0.25) is 5.91 Å². The Labute approximate surface area is 54.3 Å². The summed E-state index contributed by atoms with van der Waals surface area (Å²) in [6.45, 7) is 3.49. The van der Waals surface area contributed by atoms with Gasteiger partial charge in [-0.05, 0) is 12.5 Å². The first-order chi connectivity index (χ1) is 4.18. The molecule has 0 fully saturated rings. The number of carbonyl (C=O) groups is 1. The van der Waals surface area contributed by atoms with Crippen LogP contribution in [0, 0.1) is 0 Å². The second-order valence-corrected chi connectivity index (χ2v) is 2.24. The Balaban J connectivity index is 2.51. The van der Waals surface area contributed by atoms with Crippen LogP contribution in [0.25, 0.3) is 0 Å². The largest absolute Gasteiger partial charge is 0.323 e. The summed E-state index contributed by atoms with van der Waals surface area (Å²) in [6.07, 6.45) is 0.888. The van der Waals surface area contributed by atoms with E-state index in [4.69, 9.17) is 0 Å². The lowest BCUT2D eigenvalue weighted by atomic mass is 10.1. The third kappa shape index (κ3) is 1.44. The van der Waals surface area contributed by atoms with Crippen LogP contribution >= 0.6 is 0 Å². The average molecular weight is 123 g/mol. The van der Waals surface area contributed by atoms with Gasteiger partial charge in [0, 0.05) is 13.3 Å². The van der Waals surface area contributed by atoms with E-state index < -0.39 is 0 Å². The molecule has 1 rings (SSSR count). The van der Waals surface area contributed by atoms with E-state index in [1.54, 1.807) is 0 Å². The molecule has 0 aliphatic heterocycles. The van der Waals surface area contributed by atoms with Crippen molar-refractivity contribution in [2.75, 3.05) is 0 Å². The molecule has 1 aliphatic rings. The normalized spacial score (nSPS) is 15.3. The first-order valence-electron chi connectivity index (χ1n) is 2.91. The quantitative estimate of drug-likeness (QED) is 0.517. The monoisotopic (exact) mass is 123 g/mol. The fraction of sp³-hybridized carbons (Fsp3) is 0.429. The third-order valence-electron chi connectivity index (χ3n) is 1.13. The molecule has 0 radical (unpaired) electrons. The molecule has 1 aliphatic carbocycles. The van der Waals surface area contributed by atoms with Gasteiger partial charge < -0.3 is 5.32 Å². The molecule has 0 aromatic rings. The van der Waals surface area contributed by atoms with Gasteiger partial charge in [0.1, 0.15) is 0 Å². The molecule has 48 valence electrons. The summed E-state index contributed by atoms with van der Waals surface area (Å²) in [7, 11) is 0. The molecule has 0 saturated carbocycles. The first-order valence-corrected chi connectivity index (χ1v) is 2.91. The maximum atomic E-state index is 10.4. The van der Waals surface area contributed by atoms with Gasteiger partial charge in [0.15, 0.2) is 0 Å². The lowest BCUT2D eigenvalue weighted by Gasteiger charge is -2.11. The van der Waals surface area contributed by atoms with E-state index in [9.17, 15) is 4.79 Å². The molecule has 0 unspecified atom stereocenters. The number of nitrogens with one attached hydrogen (secondary N) is 1. The Morgan fingerprint density at radius 3 is 2.67 bits per heavy atom. The van der Waals surface area contributed by atoms with Crippen molar-refractivity contribution in [1.82, 2.24) is 5.32 Å². The zero-order valence-electron chi connectivity index (χ0n) is 5.62. The lowest BCUT2D eigenvalue weighted by molar-refractivity contribution is -0.118. The number of hydrogen-bond donors (Lipinski definition) is 1. The molecule has 2 nitrogen and oxygen atoms in total. The van der Waals surface area contributed by atoms with Crippen LogP contribution < -0.4 is 5.32 Å². The number of carbonyl (C=O) groups excluding carboxylic acids is 1. The summed E-state index contributed by atoms with van der Waals surface area (Å²) in [6, 6.07) is 0. The maximum Gasteiger partial charge on any atom is 0.221 e. The van der Waals surface area contributed by atoms with Gasteiger partial charge in [-0.3, -0.25) is 4.79 Å². The SMILES string of the molecule is CC(=O)NC1=C=C(C)C1. The molecule has 1 N–H and O–H groups in total. The zero-order valence-corrected chi connectivity index (χ0v) is 5.62. The Hall–Kier alpha value is -1.01. The standard InChI is InChI=1S/C7H9NO/c1-5-3-7(4-5)8-6(2)9/h3H2,1-2H3,(H,8,9). The molecule has 2 heteroatoms. The molecule has 0 atom stereocenters. The summed E-state index contributed by atoms with van der Waals surface area (Å²) < 4.78 is 0. The van der Waals surface area contributed by atoms with E-state index in [2.05, 4.69) is 11.0 Å². The van der Waals surface area contributed by atoms with Crippen LogP contribution in [-0.4, -0.2) is 5.91 Å². The number of rotatable bonds is 1. The van der Waals surface area contributed by atoms with Crippen molar-refractivity contribution in [1.29, 1.82) is 0 Å². The highest BCUT2D eigenvalue weighted by Crippen LogP contribution is 2.14. The highest BCUT2D eigenvalue weighted by molar-refractivity contribution is 5.75. The van der Waals surface area contributed by atoms with Gasteiger partial charge in [-0.15, -0.1) is 0 Å². The molecule has 0 aromatic heterocycles. The molecular weight excluding hydrogens is 114 g/mol. The molecule has 0 saturated heterocycles. The van der Waals surface area contributed by atoms with Gasteiger partial charge in [0.25, 0.3) is 0 Å². The van der Waals surface area contributed by atoms with Crippen molar-refractivity contribution in [2.24, 2.45) is 0 Å². The summed E-state index contributed by atoms with van der Waals surface area (Å²) in [5.41, 5.74) is 5.10. The molecule has 0 bridgehead atoms. The Bertz CT molecular complexity index is 209. The van der Waals surface area contributed by atoms with E-state index >= 15 is 0 Å². The average Bonchev–Trinajstić information content (AvgIpc) is 1.60. The van der Waals surface area contributed by atoms with Crippen LogP contribution in [0.3, 0.4) is 0 Å². The van der Waals surface area contributed by atoms with E-state index in [1.165, 1.54) is 12.5 Å². The van der Waals surface area contributed by atoms with Crippen LogP contribution in [-0.2, 0) is 4.79 Å². The van der Waals surface area contributed by atoms with Crippen LogP contribution in [0.15, 0.2) is 17.0 Å². The van der Waals surface area contributed by atoms with Gasteiger partial charge in [-0.2, -0.15) is 0 Å². The third-order valence-corrected chi connectivity index (χ3v) is 1.13. The predicted octanol–water partition coefficient (Wildman–Crippen LogP) is 0.955. The van der Waals surface area contributed by atoms with Crippen molar-refractivity contribution in [2.45, 2.75) is 20.3 Å². The van der Waals surface area contributed by atoms with Gasteiger partial charge in [-0.1, -0.05) is 5.73 Å². The fourth-order valence-corrected chi connectivity index (χ4v) is 0.792. The molecule has 1 amide bonds. The molecule has 0 heterocycles. The smallest absolute Gasteiger partial charge is 0.221 e. The lowest BCUT2D eigenvalue weighted by Crippen LogP contribution is -2.21. The van der Waals surface area contributed by atoms with Gasteiger partial charge >= 0.3 is 0 Å². The van der Waals surface area contributed by atoms with E-state index in [0.717, 1.165) is 12.1 Å². The van der Waals surface area contributed by atoms with Crippen LogP contribution in [0.4, 0.5) is 0 Å². The minimum absolute atomic E-state index is 0.00926. The van der Waals surface area contributed by atoms with Crippen LogP contribution in [0.5, 0.6) is 0 Å². The number of amides is 1. The van der Waals surface area contributed by atoms with Crippen molar-refractivity contribution >= 4 is 5.91 Å². The summed E-state index contributed by atoms with van der Waals surface area (Å²) in [5, 5.41) is 2.66. The predicted molar refractivity (Wildman–Crippen MR) is 34.6 cm³/mol. The minimum Gasteiger partial charge on any atom is -0.323 e. The Kier molecular flexibility index (Phi) is 1.41. The molecule has 0 spiro atoms. The zero-order chi connectivity index (χ0) is 6.85. The number of hydrogen-bond acceptors (Lipinski definition) is 1. The second-order valence-electron chi connectivity index (χ2n) is 2.24. The topological polar surface area (TPSA) is 29.1 Å². The van der Waals surface area contributed by atoms with Crippen molar-refractivity contribution in [3.05, 3.63) is 17.0 Å². The van der Waals surface area contributed by atoms with Crippen LogP contribution in [0.1, 0.15) is 20.3 Å². The van der Waals surface area contributed by atoms with Crippen molar-refractivity contribution < 1.29 is 4.79 Å². The van der Waals surface area contributed by atoms with E-state index in [0.29, 0.717) is 0 Å². The minimum atomic E-state index is -0.00926. The fourth-order valence-electron chi connectivity index (χ4n) is 0.792. The van der Waals surface area contributed by atoms with Crippen molar-refractivity contribution in [3.63, 3.8) is 0 Å². The summed E-state index contributed by atoms with van der Waals surface area (Å²) >= 11 is 0.